The van der Waals surface area contributed by atoms with Crippen LogP contribution in [-0.2, 0) is 19.6 Å². The summed E-state index contributed by atoms with van der Waals surface area (Å²) in [5.41, 5.74) is 2.46. The molecule has 0 N–H and O–H groups in total. The Balaban J connectivity index is 1.49. The molecule has 0 aliphatic carbocycles. The van der Waals surface area contributed by atoms with Crippen molar-refractivity contribution in [2.75, 3.05) is 13.7 Å². The number of imidazole rings is 1. The Kier molecular flexibility index (Phi) is 4.23. The molecule has 25 heavy (non-hydrogen) atoms. The molecule has 0 spiro atoms. The van der Waals surface area contributed by atoms with E-state index in [1.54, 1.807) is 19.8 Å². The number of methoxy groups -OCH3 is 1. The van der Waals surface area contributed by atoms with E-state index in [1.165, 1.54) is 11.3 Å². The lowest BCUT2D eigenvalue weighted by Crippen LogP contribution is -2.37. The highest BCUT2D eigenvalue weighted by molar-refractivity contribution is 5.27. The van der Waals surface area contributed by atoms with Crippen molar-refractivity contribution in [2.45, 2.75) is 32.6 Å². The zero-order valence-corrected chi connectivity index (χ0v) is 14.5. The molecule has 4 rings (SSSR count). The first-order chi connectivity index (χ1) is 12.2. The second-order valence-corrected chi connectivity index (χ2v) is 6.35. The van der Waals surface area contributed by atoms with Gasteiger partial charge in [0.2, 0.25) is 0 Å². The fraction of sp³-hybridized carbons (Fsp3) is 0.389. The molecule has 3 aromatic rings. The first kappa shape index (κ1) is 15.8. The quantitative estimate of drug-likeness (QED) is 0.713. The van der Waals surface area contributed by atoms with Crippen LogP contribution in [0.3, 0.4) is 0 Å². The summed E-state index contributed by atoms with van der Waals surface area (Å²) in [5.74, 6) is 2.01. The summed E-state index contributed by atoms with van der Waals surface area (Å²) in [5, 5.41) is 4.19. The number of benzene rings is 1. The molecule has 1 aliphatic heterocycles. The fourth-order valence-electron chi connectivity index (χ4n) is 3.39. The standard InChI is InChI=1S/C18H22N6O/c1-14-18-20-9-16(11-23-13-19-12-21-23)24(18)8-7-22(14)10-15-3-5-17(25-2)6-4-15/h3-6,9,12-14H,7-8,10-11H2,1-2H3. The minimum atomic E-state index is 0.278. The summed E-state index contributed by atoms with van der Waals surface area (Å²) in [6.45, 7) is 5.79. The van der Waals surface area contributed by atoms with Gasteiger partial charge in [0.05, 0.1) is 31.6 Å². The van der Waals surface area contributed by atoms with Crippen molar-refractivity contribution in [2.24, 2.45) is 0 Å². The number of nitrogens with zero attached hydrogens (tertiary/aromatic N) is 6. The van der Waals surface area contributed by atoms with Gasteiger partial charge >= 0.3 is 0 Å². The number of rotatable bonds is 5. The molecule has 0 saturated heterocycles. The molecule has 0 bridgehead atoms. The van der Waals surface area contributed by atoms with E-state index in [2.05, 4.69) is 43.6 Å². The molecule has 0 radical (unpaired) electrons. The zero-order chi connectivity index (χ0) is 17.2. The highest BCUT2D eigenvalue weighted by atomic mass is 16.5. The molecular weight excluding hydrogens is 316 g/mol. The maximum atomic E-state index is 5.23. The summed E-state index contributed by atoms with van der Waals surface area (Å²) in [4.78, 5) is 11.1. The molecule has 1 aromatic carbocycles. The summed E-state index contributed by atoms with van der Waals surface area (Å²) in [6.07, 6.45) is 5.26. The number of fused-ring (bicyclic) bond motifs is 1. The van der Waals surface area contributed by atoms with Gasteiger partial charge in [-0.1, -0.05) is 12.1 Å². The van der Waals surface area contributed by atoms with Gasteiger partial charge in [0.15, 0.2) is 0 Å². The second-order valence-electron chi connectivity index (χ2n) is 6.35. The minimum Gasteiger partial charge on any atom is -0.497 e. The van der Waals surface area contributed by atoms with Crippen LogP contribution >= 0.6 is 0 Å². The zero-order valence-electron chi connectivity index (χ0n) is 14.5. The summed E-state index contributed by atoms with van der Waals surface area (Å²) >= 11 is 0. The predicted octanol–water partition coefficient (Wildman–Crippen LogP) is 2.11. The van der Waals surface area contributed by atoms with Gasteiger partial charge in [-0.05, 0) is 24.6 Å². The van der Waals surface area contributed by atoms with Crippen molar-refractivity contribution in [1.29, 1.82) is 0 Å². The van der Waals surface area contributed by atoms with Gasteiger partial charge in [-0.15, -0.1) is 0 Å². The molecule has 0 fully saturated rings. The Morgan fingerprint density at radius 3 is 2.72 bits per heavy atom. The Labute approximate surface area is 146 Å². The van der Waals surface area contributed by atoms with Gasteiger partial charge in [-0.2, -0.15) is 5.10 Å². The molecule has 1 unspecified atom stereocenters. The molecule has 1 aliphatic rings. The average molecular weight is 338 g/mol. The van der Waals surface area contributed by atoms with E-state index in [9.17, 15) is 0 Å². The van der Waals surface area contributed by atoms with Crippen LogP contribution in [0.4, 0.5) is 0 Å². The van der Waals surface area contributed by atoms with Gasteiger partial charge in [0.25, 0.3) is 0 Å². The molecule has 0 saturated carbocycles. The van der Waals surface area contributed by atoms with E-state index in [-0.39, 0.29) is 6.04 Å². The number of hydrogen-bond acceptors (Lipinski definition) is 5. The van der Waals surface area contributed by atoms with Gasteiger partial charge in [-0.3, -0.25) is 4.90 Å². The fourth-order valence-corrected chi connectivity index (χ4v) is 3.39. The maximum Gasteiger partial charge on any atom is 0.137 e. The third-order valence-electron chi connectivity index (χ3n) is 4.84. The highest BCUT2D eigenvalue weighted by Gasteiger charge is 2.27. The van der Waals surface area contributed by atoms with Gasteiger partial charge < -0.3 is 9.30 Å². The summed E-state index contributed by atoms with van der Waals surface area (Å²) < 4.78 is 9.38. The van der Waals surface area contributed by atoms with E-state index in [0.29, 0.717) is 6.54 Å². The van der Waals surface area contributed by atoms with Crippen molar-refractivity contribution in [1.82, 2.24) is 29.2 Å². The van der Waals surface area contributed by atoms with Crippen LogP contribution in [0.1, 0.15) is 30.0 Å². The van der Waals surface area contributed by atoms with Crippen molar-refractivity contribution >= 4 is 0 Å². The van der Waals surface area contributed by atoms with Gasteiger partial charge in [-0.25, -0.2) is 14.6 Å². The lowest BCUT2D eigenvalue weighted by atomic mass is 10.1. The third kappa shape index (κ3) is 3.15. The van der Waals surface area contributed by atoms with Crippen LogP contribution in [-0.4, -0.2) is 42.9 Å². The van der Waals surface area contributed by atoms with E-state index >= 15 is 0 Å². The van der Waals surface area contributed by atoms with Crippen molar-refractivity contribution in [3.63, 3.8) is 0 Å². The molecule has 1 atom stereocenters. The van der Waals surface area contributed by atoms with Gasteiger partial charge in [0.1, 0.15) is 24.2 Å². The lowest BCUT2D eigenvalue weighted by Gasteiger charge is -2.34. The predicted molar refractivity (Wildman–Crippen MR) is 93.2 cm³/mol. The van der Waals surface area contributed by atoms with E-state index in [0.717, 1.165) is 31.2 Å². The molecule has 7 nitrogen and oxygen atoms in total. The second kappa shape index (κ2) is 6.68. The molecule has 3 heterocycles. The number of ether oxygens (including phenoxy) is 1. The van der Waals surface area contributed by atoms with Gasteiger partial charge in [0, 0.05) is 19.6 Å². The normalized spacial score (nSPS) is 17.4. The molecular formula is C18H22N6O. The maximum absolute atomic E-state index is 5.23. The first-order valence-corrected chi connectivity index (χ1v) is 8.48. The highest BCUT2D eigenvalue weighted by Crippen LogP contribution is 2.27. The van der Waals surface area contributed by atoms with Crippen LogP contribution in [0.5, 0.6) is 5.75 Å². The van der Waals surface area contributed by atoms with Crippen LogP contribution in [0.2, 0.25) is 0 Å². The Morgan fingerprint density at radius 1 is 1.16 bits per heavy atom. The smallest absolute Gasteiger partial charge is 0.137 e. The van der Waals surface area contributed by atoms with Crippen LogP contribution in [0, 0.1) is 0 Å². The van der Waals surface area contributed by atoms with E-state index in [1.807, 2.05) is 23.0 Å². The Morgan fingerprint density at radius 2 is 2.00 bits per heavy atom. The Hall–Kier alpha value is -2.67. The van der Waals surface area contributed by atoms with E-state index in [4.69, 9.17) is 4.74 Å². The summed E-state index contributed by atoms with van der Waals surface area (Å²) in [6, 6.07) is 8.56. The van der Waals surface area contributed by atoms with Crippen LogP contribution < -0.4 is 4.74 Å². The van der Waals surface area contributed by atoms with E-state index < -0.39 is 0 Å². The van der Waals surface area contributed by atoms with Crippen molar-refractivity contribution in [3.05, 3.63) is 60.2 Å². The molecule has 2 aromatic heterocycles. The van der Waals surface area contributed by atoms with Crippen molar-refractivity contribution in [3.8, 4) is 5.75 Å². The SMILES string of the molecule is COc1ccc(CN2CCn3c(Cn4cncn4)cnc3C2C)cc1. The molecule has 130 valence electrons. The Bertz CT molecular complexity index is 824. The minimum absolute atomic E-state index is 0.278. The van der Waals surface area contributed by atoms with Crippen molar-refractivity contribution < 1.29 is 4.74 Å². The summed E-state index contributed by atoms with van der Waals surface area (Å²) in [7, 11) is 1.69. The van der Waals surface area contributed by atoms with Crippen LogP contribution in [0.15, 0.2) is 43.1 Å². The monoisotopic (exact) mass is 338 g/mol. The number of hydrogen-bond donors (Lipinski definition) is 0. The number of aromatic nitrogens is 5. The molecule has 7 heteroatoms. The topological polar surface area (TPSA) is 61.0 Å². The third-order valence-corrected chi connectivity index (χ3v) is 4.84. The first-order valence-electron chi connectivity index (χ1n) is 8.48. The average Bonchev–Trinajstić information content (AvgIpc) is 3.29. The van der Waals surface area contributed by atoms with Crippen LogP contribution in [0.25, 0.3) is 0 Å². The lowest BCUT2D eigenvalue weighted by molar-refractivity contribution is 0.155. The molecule has 0 amide bonds. The largest absolute Gasteiger partial charge is 0.497 e.